The fourth-order valence-electron chi connectivity index (χ4n) is 1.91. The van der Waals surface area contributed by atoms with Crippen LogP contribution in [0.15, 0.2) is 41.0 Å². The van der Waals surface area contributed by atoms with Gasteiger partial charge >= 0.3 is 0 Å². The van der Waals surface area contributed by atoms with Crippen LogP contribution in [0.5, 0.6) is 0 Å². The SMILES string of the molecule is Nc1c(-c2cc(Br)ccc2Cl)nc2ccc(Cl)cn12. The van der Waals surface area contributed by atoms with Gasteiger partial charge in [0, 0.05) is 16.2 Å². The number of nitrogens with two attached hydrogens (primary N) is 1. The molecule has 0 atom stereocenters. The van der Waals surface area contributed by atoms with Crippen molar-refractivity contribution in [3.8, 4) is 11.3 Å². The van der Waals surface area contributed by atoms with Crippen molar-refractivity contribution in [2.75, 3.05) is 5.73 Å². The zero-order chi connectivity index (χ0) is 13.6. The maximum absolute atomic E-state index is 6.21. The van der Waals surface area contributed by atoms with Crippen molar-refractivity contribution in [1.82, 2.24) is 9.38 Å². The lowest BCUT2D eigenvalue weighted by Crippen LogP contribution is -1.94. The predicted octanol–water partition coefficient (Wildman–Crippen LogP) is 4.65. The molecular formula is C13H8BrCl2N3. The minimum absolute atomic E-state index is 0.512. The zero-order valence-corrected chi connectivity index (χ0v) is 12.7. The van der Waals surface area contributed by atoms with Gasteiger partial charge < -0.3 is 5.73 Å². The zero-order valence-electron chi connectivity index (χ0n) is 9.57. The minimum Gasteiger partial charge on any atom is -0.383 e. The summed E-state index contributed by atoms with van der Waals surface area (Å²) in [5.74, 6) is 0.512. The quantitative estimate of drug-likeness (QED) is 0.689. The highest BCUT2D eigenvalue weighted by molar-refractivity contribution is 9.10. The molecule has 0 spiro atoms. The summed E-state index contributed by atoms with van der Waals surface area (Å²) in [5.41, 5.74) is 8.29. The van der Waals surface area contributed by atoms with Crippen LogP contribution in [-0.4, -0.2) is 9.38 Å². The van der Waals surface area contributed by atoms with Gasteiger partial charge in [-0.05, 0) is 30.3 Å². The van der Waals surface area contributed by atoms with Crippen LogP contribution in [0.25, 0.3) is 16.9 Å². The third kappa shape index (κ3) is 2.20. The summed E-state index contributed by atoms with van der Waals surface area (Å²) < 4.78 is 2.66. The normalized spacial score (nSPS) is 11.1. The van der Waals surface area contributed by atoms with E-state index in [-0.39, 0.29) is 0 Å². The van der Waals surface area contributed by atoms with Gasteiger partial charge in [-0.15, -0.1) is 0 Å². The average molecular weight is 357 g/mol. The van der Waals surface area contributed by atoms with E-state index in [9.17, 15) is 0 Å². The number of pyridine rings is 1. The fourth-order valence-corrected chi connectivity index (χ4v) is 2.64. The molecule has 2 N–H and O–H groups in total. The Balaban J connectivity index is 2.31. The smallest absolute Gasteiger partial charge is 0.139 e. The van der Waals surface area contributed by atoms with Gasteiger partial charge in [0.2, 0.25) is 0 Å². The summed E-state index contributed by atoms with van der Waals surface area (Å²) >= 11 is 15.6. The van der Waals surface area contributed by atoms with Gasteiger partial charge in [-0.3, -0.25) is 4.40 Å². The van der Waals surface area contributed by atoms with Gasteiger partial charge in [-0.25, -0.2) is 4.98 Å². The Labute approximate surface area is 128 Å². The largest absolute Gasteiger partial charge is 0.383 e. The number of rotatable bonds is 1. The first kappa shape index (κ1) is 12.8. The van der Waals surface area contributed by atoms with Gasteiger partial charge in [-0.1, -0.05) is 39.1 Å². The molecule has 0 saturated carbocycles. The molecule has 0 amide bonds. The second kappa shape index (κ2) is 4.71. The molecule has 0 fully saturated rings. The average Bonchev–Trinajstić information content (AvgIpc) is 2.70. The highest BCUT2D eigenvalue weighted by atomic mass is 79.9. The number of hydrogen-bond acceptors (Lipinski definition) is 2. The Morgan fingerprint density at radius 2 is 1.95 bits per heavy atom. The second-order valence-electron chi connectivity index (χ2n) is 4.05. The molecule has 0 bridgehead atoms. The summed E-state index contributed by atoms with van der Waals surface area (Å²) in [7, 11) is 0. The predicted molar refractivity (Wildman–Crippen MR) is 82.8 cm³/mol. The van der Waals surface area contributed by atoms with E-state index >= 15 is 0 Å². The fraction of sp³-hybridized carbons (Fsp3) is 0. The Morgan fingerprint density at radius 3 is 2.74 bits per heavy atom. The number of imidazole rings is 1. The van der Waals surface area contributed by atoms with E-state index in [4.69, 9.17) is 28.9 Å². The summed E-state index contributed by atoms with van der Waals surface area (Å²) in [6, 6.07) is 9.15. The first-order valence-corrected chi connectivity index (χ1v) is 6.99. The number of anilines is 1. The van der Waals surface area contributed by atoms with Crippen LogP contribution < -0.4 is 5.73 Å². The molecule has 6 heteroatoms. The summed E-state index contributed by atoms with van der Waals surface area (Å²) in [6.45, 7) is 0. The van der Waals surface area contributed by atoms with Gasteiger partial charge in [0.15, 0.2) is 0 Å². The van der Waals surface area contributed by atoms with Gasteiger partial charge in [-0.2, -0.15) is 0 Å². The highest BCUT2D eigenvalue weighted by Crippen LogP contribution is 2.34. The van der Waals surface area contributed by atoms with Crippen LogP contribution in [0.2, 0.25) is 10.0 Å². The third-order valence-electron chi connectivity index (χ3n) is 2.80. The van der Waals surface area contributed by atoms with E-state index in [2.05, 4.69) is 20.9 Å². The van der Waals surface area contributed by atoms with Crippen molar-refractivity contribution in [2.45, 2.75) is 0 Å². The Morgan fingerprint density at radius 1 is 1.16 bits per heavy atom. The maximum atomic E-state index is 6.21. The van der Waals surface area contributed by atoms with Crippen LogP contribution in [0.1, 0.15) is 0 Å². The van der Waals surface area contributed by atoms with E-state index < -0.39 is 0 Å². The number of nitrogens with zero attached hydrogens (tertiary/aromatic N) is 2. The molecule has 2 heterocycles. The highest BCUT2D eigenvalue weighted by Gasteiger charge is 2.14. The molecule has 0 radical (unpaired) electrons. The number of aromatic nitrogens is 2. The summed E-state index contributed by atoms with van der Waals surface area (Å²) in [5, 5.41) is 1.20. The topological polar surface area (TPSA) is 43.3 Å². The standard InChI is InChI=1S/C13H8BrCl2N3/c14-7-1-3-10(16)9(5-7)12-13(17)19-6-8(15)2-4-11(19)18-12/h1-6H,17H2. The van der Waals surface area contributed by atoms with Crippen molar-refractivity contribution in [3.05, 3.63) is 51.0 Å². The van der Waals surface area contributed by atoms with Crippen LogP contribution in [0.3, 0.4) is 0 Å². The molecule has 3 aromatic rings. The molecule has 2 aromatic heterocycles. The van der Waals surface area contributed by atoms with E-state index in [1.165, 1.54) is 0 Å². The molecule has 0 unspecified atom stereocenters. The van der Waals surface area contributed by atoms with Crippen molar-refractivity contribution < 1.29 is 0 Å². The lowest BCUT2D eigenvalue weighted by Gasteiger charge is -2.03. The van der Waals surface area contributed by atoms with E-state index in [1.807, 2.05) is 18.2 Å². The molecule has 19 heavy (non-hydrogen) atoms. The number of benzene rings is 1. The Bertz CT molecular complexity index is 783. The first-order valence-electron chi connectivity index (χ1n) is 5.45. The molecule has 0 aliphatic carbocycles. The number of hydrogen-bond donors (Lipinski definition) is 1. The molecule has 0 saturated heterocycles. The summed E-state index contributed by atoms with van der Waals surface area (Å²) in [4.78, 5) is 4.50. The number of nitrogen functional groups attached to an aromatic ring is 1. The molecule has 0 aliphatic heterocycles. The second-order valence-corrected chi connectivity index (χ2v) is 5.80. The monoisotopic (exact) mass is 355 g/mol. The van der Waals surface area contributed by atoms with Gasteiger partial charge in [0.1, 0.15) is 17.2 Å². The number of fused-ring (bicyclic) bond motifs is 1. The Hall–Kier alpha value is -1.23. The third-order valence-corrected chi connectivity index (χ3v) is 3.85. The molecule has 0 aliphatic rings. The first-order chi connectivity index (χ1) is 9.06. The number of halogens is 3. The van der Waals surface area contributed by atoms with E-state index in [1.54, 1.807) is 22.7 Å². The van der Waals surface area contributed by atoms with Crippen LogP contribution in [0.4, 0.5) is 5.82 Å². The summed E-state index contributed by atoms with van der Waals surface area (Å²) in [6.07, 6.45) is 1.73. The van der Waals surface area contributed by atoms with Crippen LogP contribution in [0, 0.1) is 0 Å². The molecule has 3 rings (SSSR count). The van der Waals surface area contributed by atoms with Crippen molar-refractivity contribution in [2.24, 2.45) is 0 Å². The van der Waals surface area contributed by atoms with Crippen molar-refractivity contribution >= 4 is 50.6 Å². The van der Waals surface area contributed by atoms with Gasteiger partial charge in [0.05, 0.1) is 10.0 Å². The molecule has 1 aromatic carbocycles. The van der Waals surface area contributed by atoms with Gasteiger partial charge in [0.25, 0.3) is 0 Å². The maximum Gasteiger partial charge on any atom is 0.139 e. The molecule has 96 valence electrons. The van der Waals surface area contributed by atoms with E-state index in [0.29, 0.717) is 21.6 Å². The van der Waals surface area contributed by atoms with Crippen LogP contribution >= 0.6 is 39.1 Å². The molecule has 3 nitrogen and oxygen atoms in total. The minimum atomic E-state index is 0.512. The lowest BCUT2D eigenvalue weighted by atomic mass is 10.1. The van der Waals surface area contributed by atoms with E-state index in [0.717, 1.165) is 15.7 Å². The van der Waals surface area contributed by atoms with Crippen molar-refractivity contribution in [1.29, 1.82) is 0 Å². The van der Waals surface area contributed by atoms with Crippen LogP contribution in [-0.2, 0) is 0 Å². The molecular weight excluding hydrogens is 349 g/mol. The lowest BCUT2D eigenvalue weighted by molar-refractivity contribution is 1.20. The Kier molecular flexibility index (Phi) is 3.17. The van der Waals surface area contributed by atoms with Crippen molar-refractivity contribution in [3.63, 3.8) is 0 Å².